The van der Waals surface area contributed by atoms with Gasteiger partial charge in [-0.3, -0.25) is 0 Å². The van der Waals surface area contributed by atoms with Crippen molar-refractivity contribution in [3.05, 3.63) is 35.9 Å². The minimum atomic E-state index is -1.13. The molecule has 0 saturated carbocycles. The first-order valence-electron chi connectivity index (χ1n) is 7.54. The molecule has 24 heavy (non-hydrogen) atoms. The maximum Gasteiger partial charge on any atom is 0.407 e. The fourth-order valence-electron chi connectivity index (χ4n) is 1.90. The van der Waals surface area contributed by atoms with Crippen LogP contribution in [0.1, 0.15) is 24.8 Å². The molecule has 1 atom stereocenters. The molecule has 0 aliphatic carbocycles. The highest BCUT2D eigenvalue weighted by Gasteiger charge is 2.19. The molecule has 0 aliphatic rings. The summed E-state index contributed by atoms with van der Waals surface area (Å²) in [4.78, 5) is 33.5. The molecule has 1 aromatic carbocycles. The second kappa shape index (κ2) is 10.9. The number of amides is 2. The predicted octanol–water partition coefficient (Wildman–Crippen LogP) is 1.89. The number of carbonyl (C=O) groups is 3. The summed E-state index contributed by atoms with van der Waals surface area (Å²) in [6, 6.07) is 8.29. The third-order valence-corrected chi connectivity index (χ3v) is 3.18. The van der Waals surface area contributed by atoms with Crippen molar-refractivity contribution in [1.29, 1.82) is 0 Å². The van der Waals surface area contributed by atoms with Gasteiger partial charge in [-0.05, 0) is 24.8 Å². The molecule has 0 spiro atoms. The lowest BCUT2D eigenvalue weighted by atomic mass is 10.1. The summed E-state index contributed by atoms with van der Waals surface area (Å²) in [6.07, 6.45) is 0.00406. The highest BCUT2D eigenvalue weighted by atomic mass is 16.5. The quantitative estimate of drug-likeness (QED) is 0.593. The second-order valence-electron chi connectivity index (χ2n) is 5.01. The molecule has 8 nitrogen and oxygen atoms in total. The average Bonchev–Trinajstić information content (AvgIpc) is 2.59. The molecule has 0 heterocycles. The van der Waals surface area contributed by atoms with E-state index in [1.54, 1.807) is 0 Å². The number of hydrogen-bond donors (Lipinski definition) is 3. The van der Waals surface area contributed by atoms with Crippen LogP contribution >= 0.6 is 0 Å². The number of rotatable bonds is 9. The maximum absolute atomic E-state index is 11.5. The van der Waals surface area contributed by atoms with Gasteiger partial charge < -0.3 is 25.2 Å². The Morgan fingerprint density at radius 3 is 2.46 bits per heavy atom. The van der Waals surface area contributed by atoms with Gasteiger partial charge in [0.2, 0.25) is 0 Å². The molecule has 0 fully saturated rings. The first-order valence-corrected chi connectivity index (χ1v) is 7.54. The van der Waals surface area contributed by atoms with Gasteiger partial charge in [-0.1, -0.05) is 30.3 Å². The van der Waals surface area contributed by atoms with E-state index in [1.807, 2.05) is 30.3 Å². The number of unbranched alkanes of at least 4 members (excludes halogenated alkanes) is 1. The number of carbonyl (C=O) groups excluding carboxylic acids is 2. The van der Waals surface area contributed by atoms with Crippen LogP contribution in [0.5, 0.6) is 0 Å². The van der Waals surface area contributed by atoms with Crippen LogP contribution < -0.4 is 10.6 Å². The van der Waals surface area contributed by atoms with Crippen LogP contribution in [0.15, 0.2) is 30.3 Å². The summed E-state index contributed by atoms with van der Waals surface area (Å²) < 4.78 is 9.41. The summed E-state index contributed by atoms with van der Waals surface area (Å²) in [6.45, 7) is 0.551. The standard InChI is InChI=1S/C16H22N2O6/c1-23-16(22)18-13(14(19)20)9-5-6-10-17-15(21)24-11-12-7-3-2-4-8-12/h2-4,7-8,13H,5-6,9-11H2,1H3,(H,17,21)(H,18,22)(H,19,20). The lowest BCUT2D eigenvalue weighted by Crippen LogP contribution is -2.40. The monoisotopic (exact) mass is 338 g/mol. The predicted molar refractivity (Wildman–Crippen MR) is 85.4 cm³/mol. The summed E-state index contributed by atoms with van der Waals surface area (Å²) in [5, 5.41) is 13.8. The molecule has 132 valence electrons. The highest BCUT2D eigenvalue weighted by Crippen LogP contribution is 2.03. The van der Waals surface area contributed by atoms with Gasteiger partial charge in [-0.15, -0.1) is 0 Å². The summed E-state index contributed by atoms with van der Waals surface area (Å²) in [5.41, 5.74) is 0.894. The molecule has 0 saturated heterocycles. The molecule has 1 rings (SSSR count). The van der Waals surface area contributed by atoms with Gasteiger partial charge in [-0.25, -0.2) is 14.4 Å². The molecule has 1 aromatic rings. The van der Waals surface area contributed by atoms with Gasteiger partial charge in [0, 0.05) is 6.54 Å². The van der Waals surface area contributed by atoms with Crippen molar-refractivity contribution in [3.8, 4) is 0 Å². The Morgan fingerprint density at radius 2 is 1.83 bits per heavy atom. The highest BCUT2D eigenvalue weighted by molar-refractivity contribution is 5.79. The number of hydrogen-bond acceptors (Lipinski definition) is 5. The topological polar surface area (TPSA) is 114 Å². The first-order chi connectivity index (χ1) is 11.5. The van der Waals surface area contributed by atoms with Crippen LogP contribution in [-0.4, -0.2) is 43.0 Å². The van der Waals surface area contributed by atoms with E-state index in [-0.39, 0.29) is 13.0 Å². The zero-order valence-corrected chi connectivity index (χ0v) is 13.5. The minimum absolute atomic E-state index is 0.191. The van der Waals surface area contributed by atoms with Crippen molar-refractivity contribution in [1.82, 2.24) is 10.6 Å². The van der Waals surface area contributed by atoms with Gasteiger partial charge in [-0.2, -0.15) is 0 Å². The van der Waals surface area contributed by atoms with Gasteiger partial charge in [0.25, 0.3) is 0 Å². The van der Waals surface area contributed by atoms with Crippen LogP contribution in [0, 0.1) is 0 Å². The number of methoxy groups -OCH3 is 1. The Kier molecular flexibility index (Phi) is 8.73. The average molecular weight is 338 g/mol. The van der Waals surface area contributed by atoms with Gasteiger partial charge in [0.05, 0.1) is 7.11 Å². The number of carboxylic acid groups (broad SMARTS) is 1. The lowest BCUT2D eigenvalue weighted by Gasteiger charge is -2.13. The Morgan fingerprint density at radius 1 is 1.12 bits per heavy atom. The van der Waals surface area contributed by atoms with Crippen molar-refractivity contribution in [2.75, 3.05) is 13.7 Å². The minimum Gasteiger partial charge on any atom is -0.480 e. The van der Waals surface area contributed by atoms with E-state index >= 15 is 0 Å². The van der Waals surface area contributed by atoms with Crippen LogP contribution in [0.25, 0.3) is 0 Å². The molecule has 0 aromatic heterocycles. The van der Waals surface area contributed by atoms with E-state index < -0.39 is 24.2 Å². The van der Waals surface area contributed by atoms with Crippen LogP contribution in [-0.2, 0) is 20.9 Å². The normalized spacial score (nSPS) is 11.2. The molecule has 0 aliphatic heterocycles. The largest absolute Gasteiger partial charge is 0.480 e. The van der Waals surface area contributed by atoms with E-state index in [4.69, 9.17) is 9.84 Å². The number of alkyl carbamates (subject to hydrolysis) is 2. The van der Waals surface area contributed by atoms with Gasteiger partial charge >= 0.3 is 18.2 Å². The smallest absolute Gasteiger partial charge is 0.407 e. The van der Waals surface area contributed by atoms with Crippen molar-refractivity contribution < 1.29 is 29.0 Å². The Hall–Kier alpha value is -2.77. The third kappa shape index (κ3) is 8.02. The fraction of sp³-hybridized carbons (Fsp3) is 0.438. The van der Waals surface area contributed by atoms with Gasteiger partial charge in [0.1, 0.15) is 12.6 Å². The molecular weight excluding hydrogens is 316 g/mol. The van der Waals surface area contributed by atoms with E-state index in [0.29, 0.717) is 19.4 Å². The van der Waals surface area contributed by atoms with Crippen LogP contribution in [0.3, 0.4) is 0 Å². The van der Waals surface area contributed by atoms with Gasteiger partial charge in [0.15, 0.2) is 0 Å². The van der Waals surface area contributed by atoms with Crippen molar-refractivity contribution in [2.24, 2.45) is 0 Å². The van der Waals surface area contributed by atoms with E-state index in [1.165, 1.54) is 7.11 Å². The second-order valence-corrected chi connectivity index (χ2v) is 5.01. The summed E-state index contributed by atoms with van der Waals surface area (Å²) in [5.74, 6) is -1.13. The Balaban J connectivity index is 2.14. The lowest BCUT2D eigenvalue weighted by molar-refractivity contribution is -0.139. The molecule has 1 unspecified atom stereocenters. The molecular formula is C16H22N2O6. The number of aliphatic carboxylic acids is 1. The van der Waals surface area contributed by atoms with Crippen LogP contribution in [0.4, 0.5) is 9.59 Å². The van der Waals surface area contributed by atoms with E-state index in [2.05, 4.69) is 15.4 Å². The van der Waals surface area contributed by atoms with E-state index in [0.717, 1.165) is 5.56 Å². The molecule has 3 N–H and O–H groups in total. The zero-order chi connectivity index (χ0) is 17.8. The molecule has 0 radical (unpaired) electrons. The first kappa shape index (κ1) is 19.3. The number of benzene rings is 1. The van der Waals surface area contributed by atoms with E-state index in [9.17, 15) is 14.4 Å². The van der Waals surface area contributed by atoms with Crippen molar-refractivity contribution in [2.45, 2.75) is 31.9 Å². The Bertz CT molecular complexity index is 535. The zero-order valence-electron chi connectivity index (χ0n) is 13.5. The third-order valence-electron chi connectivity index (χ3n) is 3.18. The number of ether oxygens (including phenoxy) is 2. The fourth-order valence-corrected chi connectivity index (χ4v) is 1.90. The Labute approximate surface area is 140 Å². The molecule has 8 heteroatoms. The summed E-state index contributed by atoms with van der Waals surface area (Å²) in [7, 11) is 1.17. The molecule has 0 bridgehead atoms. The van der Waals surface area contributed by atoms with Crippen LogP contribution in [0.2, 0.25) is 0 Å². The SMILES string of the molecule is COC(=O)NC(CCCCNC(=O)OCc1ccccc1)C(=O)O. The number of carboxylic acids is 1. The number of nitrogens with one attached hydrogen (secondary N) is 2. The maximum atomic E-state index is 11.5. The summed E-state index contributed by atoms with van der Waals surface area (Å²) >= 11 is 0. The van der Waals surface area contributed by atoms with Crippen molar-refractivity contribution in [3.63, 3.8) is 0 Å². The molecule has 2 amide bonds. The van der Waals surface area contributed by atoms with Crippen molar-refractivity contribution >= 4 is 18.2 Å².